The number of anilines is 3. The van der Waals surface area contributed by atoms with Crippen LogP contribution in [0.3, 0.4) is 0 Å². The van der Waals surface area contributed by atoms with Gasteiger partial charge in [0, 0.05) is 58.5 Å². The van der Waals surface area contributed by atoms with E-state index in [2.05, 4.69) is 30.8 Å². The van der Waals surface area contributed by atoms with Crippen molar-refractivity contribution in [3.63, 3.8) is 0 Å². The van der Waals surface area contributed by atoms with Gasteiger partial charge in [-0.1, -0.05) is 24.3 Å². The van der Waals surface area contributed by atoms with Gasteiger partial charge in [0.05, 0.1) is 43.3 Å². The Morgan fingerprint density at radius 3 is 2.54 bits per heavy atom. The van der Waals surface area contributed by atoms with Gasteiger partial charge in [0.2, 0.25) is 16.0 Å². The summed E-state index contributed by atoms with van der Waals surface area (Å²) >= 11 is 0. The van der Waals surface area contributed by atoms with Crippen LogP contribution in [-0.4, -0.2) is 99.3 Å². The van der Waals surface area contributed by atoms with E-state index in [-0.39, 0.29) is 23.7 Å². The fraction of sp³-hybridized carbons (Fsp3) is 0.485. The lowest BCUT2D eigenvalue weighted by molar-refractivity contribution is 0.0175. The number of fused-ring (bicyclic) bond motifs is 1. The molecule has 2 aliphatic rings. The van der Waals surface area contributed by atoms with Gasteiger partial charge in [0.1, 0.15) is 11.6 Å². The number of alkyl halides is 2. The van der Waals surface area contributed by atoms with E-state index in [1.165, 1.54) is 18.5 Å². The third-order valence-corrected chi connectivity index (χ3v) is 10.2. The smallest absolute Gasteiger partial charge is 0.275 e. The number of sulfonamides is 1. The molecule has 1 fully saturated rings. The Morgan fingerprint density at radius 2 is 1.88 bits per heavy atom. The fourth-order valence-electron chi connectivity index (χ4n) is 6.25. The molecule has 3 aromatic rings. The van der Waals surface area contributed by atoms with E-state index in [4.69, 9.17) is 9.47 Å². The van der Waals surface area contributed by atoms with Crippen LogP contribution in [0.2, 0.25) is 0 Å². The molecular formula is C33H43F2N7O5S. The number of benzene rings is 2. The number of carbonyl (C=O) groups excluding carboxylic acids is 1. The summed E-state index contributed by atoms with van der Waals surface area (Å²) in [5.41, 5.74) is 2.10. The number of ether oxygens (including phenoxy) is 2. The summed E-state index contributed by atoms with van der Waals surface area (Å²) in [7, 11) is 0.997. The monoisotopic (exact) mass is 687 g/mol. The molecule has 2 atom stereocenters. The van der Waals surface area contributed by atoms with Crippen molar-refractivity contribution in [2.75, 3.05) is 64.4 Å². The summed E-state index contributed by atoms with van der Waals surface area (Å²) in [6, 6.07) is 11.1. The predicted octanol–water partition coefficient (Wildman–Crippen LogP) is 4.15. The number of methoxy groups -OCH3 is 2. The van der Waals surface area contributed by atoms with Crippen molar-refractivity contribution in [1.29, 1.82) is 0 Å². The molecule has 3 N–H and O–H groups in total. The quantitative estimate of drug-likeness (QED) is 0.240. The molecule has 12 nitrogen and oxygen atoms in total. The lowest BCUT2D eigenvalue weighted by Crippen LogP contribution is -2.45. The van der Waals surface area contributed by atoms with E-state index in [1.807, 2.05) is 24.3 Å². The number of hydrogen-bond acceptors (Lipinski definition) is 10. The minimum absolute atomic E-state index is 0.00441. The summed E-state index contributed by atoms with van der Waals surface area (Å²) in [4.78, 5) is 24.0. The number of aromatic nitrogens is 2. The number of halogens is 2. The molecule has 5 rings (SSSR count). The van der Waals surface area contributed by atoms with Crippen LogP contribution >= 0.6 is 0 Å². The molecule has 1 aromatic heterocycles. The molecule has 15 heteroatoms. The molecule has 0 spiro atoms. The molecule has 1 aliphatic carbocycles. The number of piperidine rings is 1. The second kappa shape index (κ2) is 14.7. The van der Waals surface area contributed by atoms with E-state index in [9.17, 15) is 22.0 Å². The molecule has 1 saturated heterocycles. The first-order chi connectivity index (χ1) is 22.8. The van der Waals surface area contributed by atoms with Gasteiger partial charge < -0.3 is 30.3 Å². The highest BCUT2D eigenvalue weighted by Crippen LogP contribution is 2.40. The average Bonchev–Trinajstić information content (AvgIpc) is 3.40. The number of amides is 1. The third-order valence-electron chi connectivity index (χ3n) is 8.94. The summed E-state index contributed by atoms with van der Waals surface area (Å²) in [5.74, 6) is -3.31. The summed E-state index contributed by atoms with van der Waals surface area (Å²) in [6.45, 7) is 4.05. The van der Waals surface area contributed by atoms with Crippen LogP contribution in [0.25, 0.3) is 0 Å². The van der Waals surface area contributed by atoms with E-state index in [1.54, 1.807) is 25.3 Å². The van der Waals surface area contributed by atoms with Gasteiger partial charge in [-0.3, -0.25) is 4.79 Å². The normalized spacial score (nSPS) is 18.8. The topological polar surface area (TPSA) is 138 Å². The van der Waals surface area contributed by atoms with Gasteiger partial charge in [0.25, 0.3) is 11.8 Å². The van der Waals surface area contributed by atoms with Crippen molar-refractivity contribution < 1.29 is 31.5 Å². The van der Waals surface area contributed by atoms with Crippen molar-refractivity contribution >= 4 is 33.4 Å². The Hall–Kier alpha value is -3.92. The zero-order valence-electron chi connectivity index (χ0n) is 27.8. The maximum absolute atomic E-state index is 14.8. The van der Waals surface area contributed by atoms with E-state index in [0.717, 1.165) is 63.0 Å². The zero-order chi connectivity index (χ0) is 34.6. The number of nitrogens with one attached hydrogen (secondary N) is 3. The number of carbonyl (C=O) groups is 1. The Balaban J connectivity index is 1.34. The van der Waals surface area contributed by atoms with Crippen LogP contribution in [0.1, 0.15) is 52.9 Å². The number of likely N-dealkylation sites (tertiary alicyclic amines) is 1. The molecule has 1 amide bonds. The molecule has 48 heavy (non-hydrogen) atoms. The lowest BCUT2D eigenvalue weighted by atomic mass is 10.0. The molecule has 1 aliphatic heterocycles. The summed E-state index contributed by atoms with van der Waals surface area (Å²) in [5, 5.41) is 9.26. The van der Waals surface area contributed by atoms with Crippen LogP contribution in [0.4, 0.5) is 26.2 Å². The second-order valence-corrected chi connectivity index (χ2v) is 14.4. The van der Waals surface area contributed by atoms with Crippen LogP contribution in [0.5, 0.6) is 5.75 Å². The first kappa shape index (κ1) is 35.4. The Kier molecular flexibility index (Phi) is 10.8. The minimum atomic E-state index is -3.62. The molecular weight excluding hydrogens is 644 g/mol. The second-order valence-electron chi connectivity index (χ2n) is 12.3. The zero-order valence-corrected chi connectivity index (χ0v) is 28.6. The Morgan fingerprint density at radius 1 is 1.15 bits per heavy atom. The Labute approximate surface area is 280 Å². The highest BCUT2D eigenvalue weighted by Gasteiger charge is 2.40. The van der Waals surface area contributed by atoms with Crippen molar-refractivity contribution in [3.05, 3.63) is 70.9 Å². The van der Waals surface area contributed by atoms with Crippen LogP contribution in [0, 0.1) is 0 Å². The highest BCUT2D eigenvalue weighted by atomic mass is 32.2. The van der Waals surface area contributed by atoms with E-state index in [0.29, 0.717) is 30.0 Å². The van der Waals surface area contributed by atoms with Crippen molar-refractivity contribution in [1.82, 2.24) is 24.5 Å². The number of hydrogen-bond donors (Lipinski definition) is 3. The van der Waals surface area contributed by atoms with Crippen molar-refractivity contribution in [2.24, 2.45) is 0 Å². The fourth-order valence-corrected chi connectivity index (χ4v) is 6.93. The summed E-state index contributed by atoms with van der Waals surface area (Å²) < 4.78 is 66.8. The molecule has 260 valence electrons. The number of rotatable bonds is 13. The van der Waals surface area contributed by atoms with Crippen LogP contribution < -0.4 is 20.7 Å². The predicted molar refractivity (Wildman–Crippen MR) is 180 cm³/mol. The Bertz CT molecular complexity index is 1710. The van der Waals surface area contributed by atoms with Gasteiger partial charge in [-0.2, -0.15) is 9.29 Å². The SMILES string of the molecule is COCCN1CCC(NC(=O)c2ccc(Nc3ncc(C(C)(F)F)c(NC4Cc5ccccc5C4N(C)S(C)(=O)=O)n3)c(OC)c2)CC1. The van der Waals surface area contributed by atoms with Gasteiger partial charge in [-0.15, -0.1) is 0 Å². The first-order valence-corrected chi connectivity index (χ1v) is 17.6. The number of likely N-dealkylation sites (N-methyl/N-ethyl adjacent to an activating group) is 1. The van der Waals surface area contributed by atoms with E-state index >= 15 is 0 Å². The largest absolute Gasteiger partial charge is 0.495 e. The van der Waals surface area contributed by atoms with Crippen LogP contribution in [0.15, 0.2) is 48.7 Å². The minimum Gasteiger partial charge on any atom is -0.495 e. The van der Waals surface area contributed by atoms with E-state index < -0.39 is 33.6 Å². The summed E-state index contributed by atoms with van der Waals surface area (Å²) in [6.07, 6.45) is 4.23. The maximum atomic E-state index is 14.8. The lowest BCUT2D eigenvalue weighted by Gasteiger charge is -2.32. The molecule has 2 heterocycles. The third kappa shape index (κ3) is 8.20. The van der Waals surface area contributed by atoms with Gasteiger partial charge in [0.15, 0.2) is 0 Å². The van der Waals surface area contributed by atoms with Gasteiger partial charge in [-0.05, 0) is 48.6 Å². The molecule has 0 radical (unpaired) electrons. The average molecular weight is 688 g/mol. The standard InChI is InChI=1S/C33H43F2N7O5S/c1-33(34,35)25-20-36-32(40-30(25)38-27-18-21-8-6-7-9-24(21)29(27)41(2)48(5,44)45)39-26-11-10-22(19-28(26)47-4)31(43)37-23-12-14-42(15-13-23)16-17-46-3/h6-11,19-20,23,27,29H,12-18H2,1-5H3,(H,37,43)(H2,36,38,39,40). The molecule has 2 aromatic carbocycles. The molecule has 2 unspecified atom stereocenters. The number of nitrogens with zero attached hydrogens (tertiary/aromatic N) is 4. The maximum Gasteiger partial charge on any atom is 0.275 e. The first-order valence-electron chi connectivity index (χ1n) is 15.8. The van der Waals surface area contributed by atoms with Gasteiger partial charge in [-0.25, -0.2) is 22.2 Å². The highest BCUT2D eigenvalue weighted by molar-refractivity contribution is 7.88. The van der Waals surface area contributed by atoms with Crippen molar-refractivity contribution in [3.8, 4) is 5.75 Å². The van der Waals surface area contributed by atoms with Gasteiger partial charge >= 0.3 is 0 Å². The van der Waals surface area contributed by atoms with Crippen molar-refractivity contribution in [2.45, 2.75) is 50.2 Å². The molecule has 0 saturated carbocycles. The molecule has 0 bridgehead atoms. The van der Waals surface area contributed by atoms with Crippen LogP contribution in [-0.2, 0) is 27.1 Å².